The monoisotopic (exact) mass is 256 g/mol. The Labute approximate surface area is 109 Å². The molecule has 1 saturated heterocycles. The molecule has 0 aromatic rings. The normalized spacial score (nSPS) is 18.0. The number of carbonyl (C=O) groups is 2. The number of nitrogens with zero attached hydrogens (tertiary/aromatic N) is 1. The van der Waals surface area contributed by atoms with Crippen LogP contribution < -0.4 is 5.32 Å². The van der Waals surface area contributed by atoms with Crippen LogP contribution in [0.1, 0.15) is 40.0 Å². The Morgan fingerprint density at radius 2 is 2.22 bits per heavy atom. The van der Waals surface area contributed by atoms with E-state index in [1.165, 1.54) is 0 Å². The molecule has 0 radical (unpaired) electrons. The van der Waals surface area contributed by atoms with Crippen molar-refractivity contribution in [3.63, 3.8) is 0 Å². The number of hydrogen-bond donors (Lipinski definition) is 1. The lowest BCUT2D eigenvalue weighted by Crippen LogP contribution is -2.46. The summed E-state index contributed by atoms with van der Waals surface area (Å²) in [7, 11) is 1.66. The third-order valence-corrected chi connectivity index (χ3v) is 3.54. The van der Waals surface area contributed by atoms with Crippen LogP contribution in [-0.2, 0) is 14.3 Å². The minimum absolute atomic E-state index is 0.0786. The number of nitrogens with one attached hydrogen (secondary N) is 1. The van der Waals surface area contributed by atoms with Gasteiger partial charge in [0.15, 0.2) is 0 Å². The van der Waals surface area contributed by atoms with Crippen molar-refractivity contribution in [1.29, 1.82) is 0 Å². The number of likely N-dealkylation sites (tertiary alicyclic amines) is 1. The summed E-state index contributed by atoms with van der Waals surface area (Å²) in [5, 5.41) is 2.86. The summed E-state index contributed by atoms with van der Waals surface area (Å²) < 4.78 is 5.28. The zero-order valence-electron chi connectivity index (χ0n) is 11.8. The topological polar surface area (TPSA) is 58.6 Å². The fourth-order valence-electron chi connectivity index (χ4n) is 1.96. The third kappa shape index (κ3) is 3.98. The first kappa shape index (κ1) is 15.0. The number of ether oxygens (including phenoxy) is 1. The zero-order valence-corrected chi connectivity index (χ0v) is 11.8. The first-order valence-electron chi connectivity index (χ1n) is 6.50. The number of hydrogen-bond acceptors (Lipinski definition) is 3. The van der Waals surface area contributed by atoms with Gasteiger partial charge in [0.25, 0.3) is 0 Å². The molecule has 0 bridgehead atoms. The van der Waals surface area contributed by atoms with E-state index in [4.69, 9.17) is 4.74 Å². The Morgan fingerprint density at radius 3 is 2.72 bits per heavy atom. The van der Waals surface area contributed by atoms with E-state index in [-0.39, 0.29) is 23.5 Å². The summed E-state index contributed by atoms with van der Waals surface area (Å²) >= 11 is 0. The number of carbonyl (C=O) groups excluding carboxylic acids is 2. The van der Waals surface area contributed by atoms with E-state index >= 15 is 0 Å². The average molecular weight is 256 g/mol. The Kier molecular flexibility index (Phi) is 5.14. The van der Waals surface area contributed by atoms with Gasteiger partial charge >= 0.3 is 0 Å². The van der Waals surface area contributed by atoms with Crippen LogP contribution in [0.2, 0.25) is 0 Å². The minimum atomic E-state index is -0.370. The molecule has 0 aliphatic carbocycles. The van der Waals surface area contributed by atoms with E-state index < -0.39 is 0 Å². The van der Waals surface area contributed by atoms with Crippen molar-refractivity contribution in [3.8, 4) is 0 Å². The van der Waals surface area contributed by atoms with Gasteiger partial charge in [-0.25, -0.2) is 0 Å². The van der Waals surface area contributed by atoms with E-state index in [0.29, 0.717) is 19.5 Å². The second-order valence-corrected chi connectivity index (χ2v) is 5.37. The van der Waals surface area contributed by atoms with Gasteiger partial charge in [0.1, 0.15) is 6.04 Å². The fraction of sp³-hybridized carbons (Fsp3) is 0.846. The Hall–Kier alpha value is -1.10. The maximum absolute atomic E-state index is 11.9. The summed E-state index contributed by atoms with van der Waals surface area (Å²) in [6.45, 7) is 6.99. The molecule has 5 nitrogen and oxygen atoms in total. The Balaban J connectivity index is 2.34. The van der Waals surface area contributed by atoms with Crippen molar-refractivity contribution in [2.45, 2.75) is 51.7 Å². The SMILES string of the molecule is COC(C)(C)CCNC(=O)[C@H](C)N1CCCC1=O. The highest BCUT2D eigenvalue weighted by Gasteiger charge is 2.29. The van der Waals surface area contributed by atoms with Crippen molar-refractivity contribution >= 4 is 11.8 Å². The van der Waals surface area contributed by atoms with Gasteiger partial charge < -0.3 is 15.0 Å². The highest BCUT2D eigenvalue weighted by molar-refractivity contribution is 5.88. The van der Waals surface area contributed by atoms with Gasteiger partial charge in [-0.1, -0.05) is 0 Å². The van der Waals surface area contributed by atoms with E-state index in [0.717, 1.165) is 12.8 Å². The molecule has 5 heteroatoms. The Morgan fingerprint density at radius 1 is 1.56 bits per heavy atom. The number of rotatable bonds is 6. The molecule has 18 heavy (non-hydrogen) atoms. The van der Waals surface area contributed by atoms with Crippen LogP contribution >= 0.6 is 0 Å². The molecule has 104 valence electrons. The lowest BCUT2D eigenvalue weighted by Gasteiger charge is -2.25. The molecule has 1 heterocycles. The maximum atomic E-state index is 11.9. The van der Waals surface area contributed by atoms with Crippen LogP contribution in [-0.4, -0.2) is 48.6 Å². The van der Waals surface area contributed by atoms with Crippen LogP contribution in [0.4, 0.5) is 0 Å². The largest absolute Gasteiger partial charge is 0.379 e. The zero-order chi connectivity index (χ0) is 13.8. The molecule has 0 spiro atoms. The molecule has 2 amide bonds. The summed E-state index contributed by atoms with van der Waals surface area (Å²) in [4.78, 5) is 25.1. The summed E-state index contributed by atoms with van der Waals surface area (Å²) in [5.41, 5.74) is -0.236. The first-order valence-corrected chi connectivity index (χ1v) is 6.50. The predicted octanol–water partition coefficient (Wildman–Crippen LogP) is 0.929. The molecule has 0 aromatic carbocycles. The quantitative estimate of drug-likeness (QED) is 0.769. The van der Waals surface area contributed by atoms with Crippen molar-refractivity contribution in [1.82, 2.24) is 10.2 Å². The molecule has 0 saturated carbocycles. The lowest BCUT2D eigenvalue weighted by atomic mass is 10.1. The molecular formula is C13H24N2O3. The van der Waals surface area contributed by atoms with Crippen molar-refractivity contribution < 1.29 is 14.3 Å². The molecule has 0 unspecified atom stereocenters. The molecule has 0 aromatic heterocycles. The van der Waals surface area contributed by atoms with E-state index in [9.17, 15) is 9.59 Å². The summed E-state index contributed by atoms with van der Waals surface area (Å²) in [6.07, 6.45) is 2.16. The van der Waals surface area contributed by atoms with Crippen molar-refractivity contribution in [2.75, 3.05) is 20.2 Å². The van der Waals surface area contributed by atoms with Gasteiger partial charge in [-0.15, -0.1) is 0 Å². The smallest absolute Gasteiger partial charge is 0.242 e. The highest BCUT2D eigenvalue weighted by Crippen LogP contribution is 2.14. The van der Waals surface area contributed by atoms with Gasteiger partial charge in [0, 0.05) is 26.6 Å². The van der Waals surface area contributed by atoms with Crippen LogP contribution in [0, 0.1) is 0 Å². The summed E-state index contributed by atoms with van der Waals surface area (Å²) in [5.74, 6) is -0.00738. The van der Waals surface area contributed by atoms with E-state index in [1.54, 1.807) is 18.9 Å². The van der Waals surface area contributed by atoms with Crippen LogP contribution in [0.25, 0.3) is 0 Å². The minimum Gasteiger partial charge on any atom is -0.379 e. The van der Waals surface area contributed by atoms with E-state index in [2.05, 4.69) is 5.32 Å². The predicted molar refractivity (Wildman–Crippen MR) is 69.1 cm³/mol. The molecule has 1 rings (SSSR count). The summed E-state index contributed by atoms with van der Waals surface area (Å²) in [6, 6.07) is -0.370. The maximum Gasteiger partial charge on any atom is 0.242 e. The molecule has 1 aliphatic heterocycles. The van der Waals surface area contributed by atoms with Gasteiger partial charge in [-0.3, -0.25) is 9.59 Å². The van der Waals surface area contributed by atoms with E-state index in [1.807, 2.05) is 13.8 Å². The second-order valence-electron chi connectivity index (χ2n) is 5.37. The lowest BCUT2D eigenvalue weighted by molar-refractivity contribution is -0.136. The van der Waals surface area contributed by atoms with Crippen molar-refractivity contribution in [2.24, 2.45) is 0 Å². The van der Waals surface area contributed by atoms with Crippen LogP contribution in [0.3, 0.4) is 0 Å². The van der Waals surface area contributed by atoms with Crippen molar-refractivity contribution in [3.05, 3.63) is 0 Å². The molecule has 1 N–H and O–H groups in total. The Bertz CT molecular complexity index is 315. The highest BCUT2D eigenvalue weighted by atomic mass is 16.5. The fourth-order valence-corrected chi connectivity index (χ4v) is 1.96. The second kappa shape index (κ2) is 6.18. The standard InChI is InChI=1S/C13H24N2O3/c1-10(15-9-5-6-11(15)16)12(17)14-8-7-13(2,3)18-4/h10H,5-9H2,1-4H3,(H,14,17)/t10-/m0/s1. The first-order chi connectivity index (χ1) is 8.37. The molecular weight excluding hydrogens is 232 g/mol. The van der Waals surface area contributed by atoms with Gasteiger partial charge in [-0.05, 0) is 33.6 Å². The van der Waals surface area contributed by atoms with Crippen LogP contribution in [0.5, 0.6) is 0 Å². The van der Waals surface area contributed by atoms with Gasteiger partial charge in [0.2, 0.25) is 11.8 Å². The van der Waals surface area contributed by atoms with Crippen LogP contribution in [0.15, 0.2) is 0 Å². The number of methoxy groups -OCH3 is 1. The third-order valence-electron chi connectivity index (χ3n) is 3.54. The average Bonchev–Trinajstić information content (AvgIpc) is 2.74. The number of amides is 2. The molecule has 1 fully saturated rings. The van der Waals surface area contributed by atoms with Gasteiger partial charge in [-0.2, -0.15) is 0 Å². The van der Waals surface area contributed by atoms with Gasteiger partial charge in [0.05, 0.1) is 5.60 Å². The molecule has 1 atom stereocenters. The molecule has 1 aliphatic rings.